The van der Waals surface area contributed by atoms with Crippen LogP contribution in [-0.4, -0.2) is 6.54 Å². The fourth-order valence-electron chi connectivity index (χ4n) is 2.69. The van der Waals surface area contributed by atoms with Gasteiger partial charge < -0.3 is 5.32 Å². The number of rotatable bonds is 6. The molecule has 1 N–H and O–H groups in total. The Morgan fingerprint density at radius 1 is 1.10 bits per heavy atom. The van der Waals surface area contributed by atoms with Gasteiger partial charge in [0.15, 0.2) is 0 Å². The first-order chi connectivity index (χ1) is 10.2. The van der Waals surface area contributed by atoms with Gasteiger partial charge in [0, 0.05) is 5.02 Å². The second-order valence-electron chi connectivity index (χ2n) is 5.51. The molecule has 0 bridgehead atoms. The standard InChI is InChI=1S/C19H24ClN/c1-4-7-15-8-6-9-16(13-15)19(21-5-2)17-11-10-14(3)12-18(17)20/h6,8-13,19,21H,4-5,7H2,1-3H3. The van der Waals surface area contributed by atoms with Crippen molar-refractivity contribution in [1.29, 1.82) is 0 Å². The third kappa shape index (κ3) is 4.09. The van der Waals surface area contributed by atoms with Crippen LogP contribution in [0.15, 0.2) is 42.5 Å². The van der Waals surface area contributed by atoms with Crippen molar-refractivity contribution in [2.24, 2.45) is 0 Å². The molecule has 0 heterocycles. The lowest BCUT2D eigenvalue weighted by Crippen LogP contribution is -2.22. The summed E-state index contributed by atoms with van der Waals surface area (Å²) in [6.45, 7) is 7.32. The minimum absolute atomic E-state index is 0.153. The Labute approximate surface area is 133 Å². The van der Waals surface area contributed by atoms with Crippen LogP contribution in [-0.2, 0) is 6.42 Å². The van der Waals surface area contributed by atoms with E-state index in [0.717, 1.165) is 23.6 Å². The molecule has 0 amide bonds. The van der Waals surface area contributed by atoms with Crippen LogP contribution in [0.3, 0.4) is 0 Å². The van der Waals surface area contributed by atoms with E-state index in [9.17, 15) is 0 Å². The smallest absolute Gasteiger partial charge is 0.0591 e. The third-order valence-electron chi connectivity index (χ3n) is 3.70. The number of nitrogens with one attached hydrogen (secondary N) is 1. The molecule has 0 aliphatic carbocycles. The van der Waals surface area contributed by atoms with E-state index in [1.54, 1.807) is 0 Å². The molecule has 1 atom stereocenters. The molecule has 1 nitrogen and oxygen atoms in total. The Morgan fingerprint density at radius 3 is 2.57 bits per heavy atom. The first-order valence-corrected chi connectivity index (χ1v) is 8.11. The van der Waals surface area contributed by atoms with Crippen LogP contribution >= 0.6 is 11.6 Å². The molecule has 2 rings (SSSR count). The molecule has 0 saturated heterocycles. The summed E-state index contributed by atoms with van der Waals surface area (Å²) in [5.74, 6) is 0. The van der Waals surface area contributed by atoms with E-state index in [2.05, 4.69) is 62.5 Å². The molecule has 2 aromatic rings. The Kier molecular flexibility index (Phi) is 5.84. The summed E-state index contributed by atoms with van der Waals surface area (Å²) in [6, 6.07) is 15.3. The number of hydrogen-bond donors (Lipinski definition) is 1. The zero-order chi connectivity index (χ0) is 15.2. The molecule has 0 aliphatic heterocycles. The Hall–Kier alpha value is -1.31. The van der Waals surface area contributed by atoms with E-state index in [1.807, 2.05) is 6.07 Å². The van der Waals surface area contributed by atoms with Gasteiger partial charge in [-0.05, 0) is 48.2 Å². The van der Waals surface area contributed by atoms with Crippen molar-refractivity contribution in [2.75, 3.05) is 6.54 Å². The molecule has 0 saturated carbocycles. The average molecular weight is 302 g/mol. The lowest BCUT2D eigenvalue weighted by atomic mass is 9.95. The molecule has 0 aromatic heterocycles. The fourth-order valence-corrected chi connectivity index (χ4v) is 3.04. The molecule has 0 spiro atoms. The van der Waals surface area contributed by atoms with Gasteiger partial charge in [-0.3, -0.25) is 0 Å². The summed E-state index contributed by atoms with van der Waals surface area (Å²) in [6.07, 6.45) is 2.29. The highest BCUT2D eigenvalue weighted by Gasteiger charge is 2.16. The summed E-state index contributed by atoms with van der Waals surface area (Å²) in [4.78, 5) is 0. The van der Waals surface area contributed by atoms with Crippen molar-refractivity contribution in [3.63, 3.8) is 0 Å². The van der Waals surface area contributed by atoms with E-state index in [4.69, 9.17) is 11.6 Å². The molecular formula is C19H24ClN. The Bertz CT molecular complexity index is 592. The quantitative estimate of drug-likeness (QED) is 0.763. The molecule has 0 aliphatic rings. The van der Waals surface area contributed by atoms with Gasteiger partial charge in [-0.2, -0.15) is 0 Å². The van der Waals surface area contributed by atoms with E-state index in [-0.39, 0.29) is 6.04 Å². The molecule has 2 heteroatoms. The van der Waals surface area contributed by atoms with E-state index in [0.29, 0.717) is 0 Å². The van der Waals surface area contributed by atoms with Gasteiger partial charge in [0.25, 0.3) is 0 Å². The van der Waals surface area contributed by atoms with E-state index >= 15 is 0 Å². The van der Waals surface area contributed by atoms with Crippen LogP contribution in [0.25, 0.3) is 0 Å². The molecule has 2 aromatic carbocycles. The molecule has 0 fully saturated rings. The van der Waals surface area contributed by atoms with Crippen LogP contribution < -0.4 is 5.32 Å². The van der Waals surface area contributed by atoms with Gasteiger partial charge >= 0.3 is 0 Å². The first-order valence-electron chi connectivity index (χ1n) is 7.74. The topological polar surface area (TPSA) is 12.0 Å². The van der Waals surface area contributed by atoms with Gasteiger partial charge in [-0.15, -0.1) is 0 Å². The Morgan fingerprint density at radius 2 is 1.90 bits per heavy atom. The number of benzene rings is 2. The van der Waals surface area contributed by atoms with Gasteiger partial charge in [0.1, 0.15) is 0 Å². The second-order valence-corrected chi connectivity index (χ2v) is 5.92. The average Bonchev–Trinajstić information content (AvgIpc) is 2.46. The highest BCUT2D eigenvalue weighted by atomic mass is 35.5. The number of hydrogen-bond acceptors (Lipinski definition) is 1. The summed E-state index contributed by atoms with van der Waals surface area (Å²) in [5.41, 5.74) is 5.02. The largest absolute Gasteiger partial charge is 0.306 e. The van der Waals surface area contributed by atoms with Crippen molar-refractivity contribution < 1.29 is 0 Å². The van der Waals surface area contributed by atoms with Crippen LogP contribution in [0.5, 0.6) is 0 Å². The van der Waals surface area contributed by atoms with Crippen molar-refractivity contribution in [2.45, 2.75) is 39.7 Å². The minimum Gasteiger partial charge on any atom is -0.306 e. The third-order valence-corrected chi connectivity index (χ3v) is 4.03. The predicted molar refractivity (Wildman–Crippen MR) is 92.1 cm³/mol. The maximum Gasteiger partial charge on any atom is 0.0591 e. The Balaban J connectivity index is 2.40. The molecule has 112 valence electrons. The lowest BCUT2D eigenvalue weighted by Gasteiger charge is -2.21. The van der Waals surface area contributed by atoms with Crippen molar-refractivity contribution in [1.82, 2.24) is 5.32 Å². The maximum absolute atomic E-state index is 6.47. The van der Waals surface area contributed by atoms with Gasteiger partial charge in [0.05, 0.1) is 6.04 Å². The van der Waals surface area contributed by atoms with Crippen molar-refractivity contribution in [3.05, 3.63) is 69.7 Å². The lowest BCUT2D eigenvalue weighted by molar-refractivity contribution is 0.630. The summed E-state index contributed by atoms with van der Waals surface area (Å²) in [7, 11) is 0. The zero-order valence-corrected chi connectivity index (χ0v) is 13.9. The van der Waals surface area contributed by atoms with Gasteiger partial charge in [0.2, 0.25) is 0 Å². The number of halogens is 1. The zero-order valence-electron chi connectivity index (χ0n) is 13.1. The van der Waals surface area contributed by atoms with Gasteiger partial charge in [-0.25, -0.2) is 0 Å². The van der Waals surface area contributed by atoms with Crippen molar-refractivity contribution in [3.8, 4) is 0 Å². The first kappa shape index (κ1) is 16.1. The van der Waals surface area contributed by atoms with Crippen molar-refractivity contribution >= 4 is 11.6 Å². The number of aryl methyl sites for hydroxylation is 2. The normalized spacial score (nSPS) is 12.4. The van der Waals surface area contributed by atoms with E-state index in [1.165, 1.54) is 23.1 Å². The van der Waals surface area contributed by atoms with Crippen LogP contribution in [0.2, 0.25) is 5.02 Å². The van der Waals surface area contributed by atoms with E-state index < -0.39 is 0 Å². The predicted octanol–water partition coefficient (Wildman–Crippen LogP) is 5.30. The highest BCUT2D eigenvalue weighted by molar-refractivity contribution is 6.31. The SMILES string of the molecule is CCCc1cccc(C(NCC)c2ccc(C)cc2Cl)c1. The minimum atomic E-state index is 0.153. The monoisotopic (exact) mass is 301 g/mol. The highest BCUT2D eigenvalue weighted by Crippen LogP contribution is 2.29. The van der Waals surface area contributed by atoms with Crippen LogP contribution in [0.4, 0.5) is 0 Å². The summed E-state index contributed by atoms with van der Waals surface area (Å²) in [5, 5.41) is 4.40. The summed E-state index contributed by atoms with van der Waals surface area (Å²) < 4.78 is 0. The van der Waals surface area contributed by atoms with Gasteiger partial charge in [-0.1, -0.05) is 68.3 Å². The maximum atomic E-state index is 6.47. The van der Waals surface area contributed by atoms with Crippen LogP contribution in [0, 0.1) is 6.92 Å². The molecular weight excluding hydrogens is 278 g/mol. The van der Waals surface area contributed by atoms with Crippen LogP contribution in [0.1, 0.15) is 48.6 Å². The summed E-state index contributed by atoms with van der Waals surface area (Å²) >= 11 is 6.47. The fraction of sp³-hybridized carbons (Fsp3) is 0.368. The second kappa shape index (κ2) is 7.63. The molecule has 0 radical (unpaired) electrons. The molecule has 21 heavy (non-hydrogen) atoms. The molecule has 1 unspecified atom stereocenters.